The summed E-state index contributed by atoms with van der Waals surface area (Å²) in [5.74, 6) is 0.422. The van der Waals surface area contributed by atoms with Gasteiger partial charge in [0.1, 0.15) is 44.9 Å². The molecule has 1 atom stereocenters. The zero-order chi connectivity index (χ0) is 51.9. The van der Waals surface area contributed by atoms with E-state index in [0.29, 0.717) is 31.8 Å². The molecule has 0 saturated heterocycles. The molecular weight excluding hydrogens is 928 g/mol. The number of hydrogen-bond acceptors (Lipinski definition) is 19. The number of thioether (sulfide) groups is 1. The maximum absolute atomic E-state index is 12.9. The van der Waals surface area contributed by atoms with Crippen LogP contribution in [0.3, 0.4) is 0 Å². The Bertz CT molecular complexity index is 2290. The van der Waals surface area contributed by atoms with Crippen molar-refractivity contribution in [1.29, 1.82) is 0 Å². The van der Waals surface area contributed by atoms with Gasteiger partial charge in [-0.3, -0.25) is 0 Å². The van der Waals surface area contributed by atoms with Gasteiger partial charge in [-0.15, -0.1) is 0 Å². The summed E-state index contributed by atoms with van der Waals surface area (Å²) in [5.41, 5.74) is -2.32. The van der Waals surface area contributed by atoms with Crippen molar-refractivity contribution in [2.24, 2.45) is 0 Å². The van der Waals surface area contributed by atoms with Gasteiger partial charge in [-0.05, 0) is 133 Å². The van der Waals surface area contributed by atoms with Crippen LogP contribution in [-0.2, 0) is 28.4 Å². The smallest absolute Gasteiger partial charge is 0.425 e. The molecule has 0 saturated carbocycles. The molecule has 0 radical (unpaired) electrons. The first-order chi connectivity index (χ1) is 31.2. The third kappa shape index (κ3) is 20.7. The molecule has 22 heteroatoms. The molecule has 372 valence electrons. The molecule has 0 aliphatic rings. The molecule has 2 N–H and O–H groups in total. The predicted octanol–water partition coefficient (Wildman–Crippen LogP) is 10.6. The van der Waals surface area contributed by atoms with E-state index < -0.39 is 59.0 Å². The van der Waals surface area contributed by atoms with Gasteiger partial charge in [0.05, 0.1) is 12.7 Å². The van der Waals surface area contributed by atoms with E-state index in [4.69, 9.17) is 45.1 Å². The number of benzene rings is 2. The van der Waals surface area contributed by atoms with E-state index in [2.05, 4.69) is 24.7 Å². The van der Waals surface area contributed by atoms with Crippen molar-refractivity contribution in [3.05, 3.63) is 82.8 Å². The fraction of sp³-hybridized carbons (Fsp3) is 0.457. The van der Waals surface area contributed by atoms with Crippen molar-refractivity contribution in [1.82, 2.24) is 19.9 Å². The van der Waals surface area contributed by atoms with Crippen LogP contribution in [0.5, 0.6) is 17.4 Å². The van der Waals surface area contributed by atoms with Crippen molar-refractivity contribution in [3.8, 4) is 17.4 Å². The van der Waals surface area contributed by atoms with Gasteiger partial charge in [0.2, 0.25) is 5.88 Å². The van der Waals surface area contributed by atoms with Crippen molar-refractivity contribution in [2.75, 3.05) is 30.3 Å². The van der Waals surface area contributed by atoms with Gasteiger partial charge in [0.25, 0.3) is 0 Å². The van der Waals surface area contributed by atoms with Gasteiger partial charge in [-0.25, -0.2) is 38.9 Å². The molecule has 4 aromatic rings. The van der Waals surface area contributed by atoms with Crippen LogP contribution >= 0.6 is 23.4 Å². The Kier molecular flexibility index (Phi) is 21.0. The minimum atomic E-state index is -1.05. The van der Waals surface area contributed by atoms with E-state index in [1.54, 1.807) is 121 Å². The van der Waals surface area contributed by atoms with Gasteiger partial charge in [0.15, 0.2) is 23.1 Å². The number of amides is 4. The number of aliphatic hydroxyl groups is 1. The van der Waals surface area contributed by atoms with Crippen LogP contribution in [0.4, 0.5) is 30.8 Å². The third-order valence-corrected chi connectivity index (χ3v) is 8.05. The van der Waals surface area contributed by atoms with Crippen molar-refractivity contribution >= 4 is 65.3 Å². The Labute approximate surface area is 405 Å². The fourth-order valence-electron chi connectivity index (χ4n) is 4.71. The van der Waals surface area contributed by atoms with Crippen molar-refractivity contribution < 1.29 is 67.3 Å². The lowest BCUT2D eigenvalue weighted by atomic mass is 10.2. The summed E-state index contributed by atoms with van der Waals surface area (Å²) in [6.07, 6.45) is -3.00. The first-order valence-corrected chi connectivity index (χ1v) is 22.2. The second kappa shape index (κ2) is 24.6. The summed E-state index contributed by atoms with van der Waals surface area (Å²) in [6.45, 7) is 21.8. The molecule has 2 aromatic heterocycles. The van der Waals surface area contributed by atoms with Crippen LogP contribution in [0.2, 0.25) is 5.15 Å². The number of phenols is 1. The number of halogens is 1. The first-order valence-electron chi connectivity index (χ1n) is 20.6. The van der Waals surface area contributed by atoms with Crippen molar-refractivity contribution in [3.63, 3.8) is 0 Å². The van der Waals surface area contributed by atoms with Gasteiger partial charge in [0, 0.05) is 24.8 Å². The molecule has 2 aromatic carbocycles. The average molecular weight is 990 g/mol. The summed E-state index contributed by atoms with van der Waals surface area (Å²) < 4.78 is 36.4. The molecular formula is C46H61ClN6O14S. The molecule has 20 nitrogen and oxygen atoms in total. The average Bonchev–Trinajstić information content (AvgIpc) is 3.18. The van der Waals surface area contributed by atoms with Crippen LogP contribution in [0.25, 0.3) is 0 Å². The number of nitrogens with zero attached hydrogens (tertiary/aromatic N) is 6. The molecule has 68 heavy (non-hydrogen) atoms. The number of esters is 1. The van der Waals surface area contributed by atoms with Gasteiger partial charge >= 0.3 is 30.3 Å². The third-order valence-electron chi connectivity index (χ3n) is 7.31. The second-order valence-electron chi connectivity index (χ2n) is 18.0. The Balaban J connectivity index is 0.000000393. The van der Waals surface area contributed by atoms with Crippen LogP contribution < -0.4 is 14.5 Å². The SMILES string of the molecule is COC(=O)c1ccc(O)cc1.COC(O)c1ccc(Oc2cc(N(C(=O)OC(C)(C)C)C(=O)OC(C)(C)C)nc(C)n2)cc1.CSc1nc(Cl)cc(N(C(=O)OC(C)(C)C)C(=O)OC(C)(C)C)n1. The van der Waals surface area contributed by atoms with E-state index in [1.165, 1.54) is 62.4 Å². The van der Waals surface area contributed by atoms with E-state index >= 15 is 0 Å². The standard InChI is InChI=1S/C23H31N3O7.C15H22ClN3O4S.C8H8O3/c1-14-24-17(26(20(28)32-22(2,3)4)21(29)33-23(5,6)7)13-18(25-14)31-16-11-9-15(10-12-16)19(27)30-8;1-14(2,3)22-12(20)19(13(21)23-15(4,5)6)10-8-9(16)17-11(18-10)24-7;1-11-8(10)6-2-4-7(9)5-3-6/h9-13,19,27H,1-8H3;8H,1-7H3;2-5,9H,1H3. The highest BCUT2D eigenvalue weighted by molar-refractivity contribution is 7.98. The van der Waals surface area contributed by atoms with Crippen LogP contribution in [0, 0.1) is 6.92 Å². The van der Waals surface area contributed by atoms with E-state index in [1.807, 2.05) is 0 Å². The fourth-order valence-corrected chi connectivity index (χ4v) is 5.31. The molecule has 0 spiro atoms. The molecule has 0 aliphatic carbocycles. The van der Waals surface area contributed by atoms with Gasteiger partial charge in [-0.1, -0.05) is 35.5 Å². The van der Waals surface area contributed by atoms with Gasteiger partial charge in [-0.2, -0.15) is 14.8 Å². The number of aryl methyl sites for hydroxylation is 1. The minimum Gasteiger partial charge on any atom is -0.508 e. The molecule has 0 fully saturated rings. The van der Waals surface area contributed by atoms with Crippen molar-refractivity contribution in [2.45, 2.75) is 124 Å². The highest BCUT2D eigenvalue weighted by atomic mass is 35.5. The number of hydrogen-bond donors (Lipinski definition) is 2. The number of methoxy groups -OCH3 is 2. The number of carbonyl (C=O) groups is 5. The summed E-state index contributed by atoms with van der Waals surface area (Å²) >= 11 is 7.18. The highest BCUT2D eigenvalue weighted by Gasteiger charge is 2.36. The van der Waals surface area contributed by atoms with E-state index in [-0.39, 0.29) is 34.2 Å². The zero-order valence-corrected chi connectivity index (χ0v) is 42.7. The maximum Gasteiger partial charge on any atom is 0.425 e. The maximum atomic E-state index is 12.9. The van der Waals surface area contributed by atoms with Crippen LogP contribution in [0.1, 0.15) is 111 Å². The second-order valence-corrected chi connectivity index (χ2v) is 19.2. The summed E-state index contributed by atoms with van der Waals surface area (Å²) in [7, 11) is 2.70. The quantitative estimate of drug-likeness (QED) is 0.0416. The number of imide groups is 2. The number of aromatic nitrogens is 4. The van der Waals surface area contributed by atoms with Gasteiger partial charge < -0.3 is 43.4 Å². The van der Waals surface area contributed by atoms with E-state index in [0.717, 1.165) is 0 Å². The number of rotatable bonds is 8. The lowest BCUT2D eigenvalue weighted by Gasteiger charge is -2.28. The molecule has 2 heterocycles. The number of aromatic hydroxyl groups is 1. The van der Waals surface area contributed by atoms with Crippen LogP contribution in [-0.4, -0.2) is 103 Å². The van der Waals surface area contributed by atoms with E-state index in [9.17, 15) is 29.1 Å². The molecule has 4 amide bonds. The summed E-state index contributed by atoms with van der Waals surface area (Å²) in [5, 5.41) is 19.0. The lowest BCUT2D eigenvalue weighted by molar-refractivity contribution is -0.0769. The monoisotopic (exact) mass is 988 g/mol. The minimum absolute atomic E-state index is 0.0112. The topological polar surface area (TPSA) is 248 Å². The Morgan fingerprint density at radius 2 is 1.06 bits per heavy atom. The summed E-state index contributed by atoms with van der Waals surface area (Å²) in [4.78, 5) is 79.5. The predicted molar refractivity (Wildman–Crippen MR) is 253 cm³/mol. The number of aliphatic hydroxyl groups excluding tert-OH is 1. The Morgan fingerprint density at radius 1 is 0.632 bits per heavy atom. The molecule has 4 rings (SSSR count). The summed E-state index contributed by atoms with van der Waals surface area (Å²) in [6, 6.07) is 15.0. The number of ether oxygens (including phenoxy) is 7. The largest absolute Gasteiger partial charge is 0.508 e. The number of phenolic OH excluding ortho intramolecular Hbond substituents is 1. The number of carbonyl (C=O) groups excluding carboxylic acids is 5. The zero-order valence-electron chi connectivity index (χ0n) is 41.1. The highest BCUT2D eigenvalue weighted by Crippen LogP contribution is 2.28. The lowest BCUT2D eigenvalue weighted by Crippen LogP contribution is -2.44. The number of anilines is 2. The first kappa shape index (κ1) is 57.8. The van der Waals surface area contributed by atoms with Crippen LogP contribution in [0.15, 0.2) is 65.8 Å². The molecule has 0 bridgehead atoms. The molecule has 1 unspecified atom stereocenters. The molecule has 0 aliphatic heterocycles. The normalized spacial score (nSPS) is 11.8. The Morgan fingerprint density at radius 3 is 1.44 bits per heavy atom. The Hall–Kier alpha value is -6.29.